The summed E-state index contributed by atoms with van der Waals surface area (Å²) < 4.78 is 8.71. The lowest BCUT2D eigenvalue weighted by Gasteiger charge is -2.12. The fourth-order valence-electron chi connectivity index (χ4n) is 7.11. The lowest BCUT2D eigenvalue weighted by atomic mass is 10.0. The third-order valence-corrected chi connectivity index (χ3v) is 9.45. The first-order chi connectivity index (χ1) is 24.8. The zero-order chi connectivity index (χ0) is 33.0. The molecule has 0 aliphatic heterocycles. The summed E-state index contributed by atoms with van der Waals surface area (Å²) in [5, 5.41) is 4.67. The minimum absolute atomic E-state index is 0.639. The van der Waals surface area contributed by atoms with Gasteiger partial charge in [-0.3, -0.25) is 0 Å². The van der Waals surface area contributed by atoms with Gasteiger partial charge in [-0.05, 0) is 47.5 Å². The van der Waals surface area contributed by atoms with Crippen LogP contribution in [0, 0.1) is 0 Å². The van der Waals surface area contributed by atoms with Crippen LogP contribution in [0.15, 0.2) is 174 Å². The summed E-state index contributed by atoms with van der Waals surface area (Å²) in [7, 11) is 0. The second-order valence-electron chi connectivity index (χ2n) is 12.5. The molecule has 7 aromatic carbocycles. The molecule has 0 spiro atoms. The SMILES string of the molecule is c1ccc(-c2nc(-c3ccccc3)nc(-c3ccc(-c4cccc(-n5c6ccccc6c6ccc7oc8ccccc8c7c65)c4)cc3)n2)cc1. The van der Waals surface area contributed by atoms with Gasteiger partial charge in [-0.2, -0.15) is 0 Å². The minimum atomic E-state index is 0.639. The largest absolute Gasteiger partial charge is 0.456 e. The number of fused-ring (bicyclic) bond motifs is 7. The van der Waals surface area contributed by atoms with Gasteiger partial charge in [-0.15, -0.1) is 0 Å². The Balaban J connectivity index is 1.09. The van der Waals surface area contributed by atoms with E-state index in [9.17, 15) is 0 Å². The van der Waals surface area contributed by atoms with Crippen LogP contribution in [-0.4, -0.2) is 19.5 Å². The van der Waals surface area contributed by atoms with E-state index in [-0.39, 0.29) is 0 Å². The van der Waals surface area contributed by atoms with Crippen molar-refractivity contribution in [2.75, 3.05) is 0 Å². The Labute approximate surface area is 287 Å². The Morgan fingerprint density at radius 2 is 0.940 bits per heavy atom. The average Bonchev–Trinajstić information content (AvgIpc) is 3.74. The van der Waals surface area contributed by atoms with Gasteiger partial charge in [0.15, 0.2) is 17.5 Å². The zero-order valence-corrected chi connectivity index (χ0v) is 26.9. The van der Waals surface area contributed by atoms with Crippen LogP contribution >= 0.6 is 0 Å². The summed E-state index contributed by atoms with van der Waals surface area (Å²) >= 11 is 0. The average molecular weight is 641 g/mol. The third kappa shape index (κ3) is 4.60. The second-order valence-corrected chi connectivity index (χ2v) is 12.5. The van der Waals surface area contributed by atoms with E-state index in [4.69, 9.17) is 19.4 Å². The van der Waals surface area contributed by atoms with E-state index >= 15 is 0 Å². The maximum atomic E-state index is 6.33. The summed E-state index contributed by atoms with van der Waals surface area (Å²) in [6.07, 6.45) is 0. The van der Waals surface area contributed by atoms with E-state index < -0.39 is 0 Å². The van der Waals surface area contributed by atoms with Crippen molar-refractivity contribution in [2.45, 2.75) is 0 Å². The summed E-state index contributed by atoms with van der Waals surface area (Å²) in [6.45, 7) is 0. The van der Waals surface area contributed by atoms with E-state index in [1.165, 1.54) is 10.8 Å². The van der Waals surface area contributed by atoms with Gasteiger partial charge in [0, 0.05) is 38.5 Å². The highest BCUT2D eigenvalue weighted by Gasteiger charge is 2.19. The fourth-order valence-corrected chi connectivity index (χ4v) is 7.11. The summed E-state index contributed by atoms with van der Waals surface area (Å²) in [5.74, 6) is 1.94. The van der Waals surface area contributed by atoms with Crippen molar-refractivity contribution >= 4 is 43.7 Å². The van der Waals surface area contributed by atoms with Crippen molar-refractivity contribution in [3.8, 4) is 51.0 Å². The van der Waals surface area contributed by atoms with Crippen LogP contribution in [0.5, 0.6) is 0 Å². The van der Waals surface area contributed by atoms with Gasteiger partial charge < -0.3 is 8.98 Å². The predicted molar refractivity (Wildman–Crippen MR) is 203 cm³/mol. The molecule has 0 saturated heterocycles. The molecule has 0 amide bonds. The smallest absolute Gasteiger partial charge is 0.164 e. The summed E-state index contributed by atoms with van der Waals surface area (Å²) in [4.78, 5) is 14.7. The summed E-state index contributed by atoms with van der Waals surface area (Å²) in [5.41, 5.74) is 10.2. The molecule has 5 heteroatoms. The van der Waals surface area contributed by atoms with Crippen LogP contribution in [0.1, 0.15) is 0 Å². The number of hydrogen-bond donors (Lipinski definition) is 0. The fraction of sp³-hybridized carbons (Fsp3) is 0. The van der Waals surface area contributed by atoms with Crippen molar-refractivity contribution in [1.82, 2.24) is 19.5 Å². The quantitative estimate of drug-likeness (QED) is 0.188. The molecular weight excluding hydrogens is 613 g/mol. The highest BCUT2D eigenvalue weighted by atomic mass is 16.3. The standard InChI is InChI=1S/C45H28N4O/c1-3-12-30(13-4-1)43-46-44(31-14-5-2-6-15-31)48-45(47-43)32-24-22-29(23-25-32)33-16-11-17-34(28-33)49-38-20-9-7-18-35(38)36-26-27-40-41(42(36)49)37-19-8-10-21-39(37)50-40/h1-28H. The van der Waals surface area contributed by atoms with Gasteiger partial charge in [0.05, 0.1) is 16.4 Å². The second kappa shape index (κ2) is 11.4. The Kier molecular flexibility index (Phi) is 6.42. The molecule has 0 bridgehead atoms. The molecule has 0 atom stereocenters. The first kappa shape index (κ1) is 28.2. The number of benzene rings is 7. The number of hydrogen-bond acceptors (Lipinski definition) is 4. The lowest BCUT2D eigenvalue weighted by molar-refractivity contribution is 0.669. The molecule has 0 aliphatic rings. The van der Waals surface area contributed by atoms with Gasteiger partial charge in [-0.25, -0.2) is 15.0 Å². The first-order valence-electron chi connectivity index (χ1n) is 16.7. The van der Waals surface area contributed by atoms with Crippen LogP contribution in [0.4, 0.5) is 0 Å². The molecule has 10 aromatic rings. The first-order valence-corrected chi connectivity index (χ1v) is 16.7. The molecule has 3 heterocycles. The number of furan rings is 1. The van der Waals surface area contributed by atoms with Gasteiger partial charge in [0.2, 0.25) is 0 Å². The van der Waals surface area contributed by atoms with E-state index in [0.717, 1.165) is 66.5 Å². The molecule has 0 unspecified atom stereocenters. The Bertz CT molecular complexity index is 2800. The van der Waals surface area contributed by atoms with Gasteiger partial charge in [0.25, 0.3) is 0 Å². The highest BCUT2D eigenvalue weighted by Crippen LogP contribution is 2.41. The zero-order valence-electron chi connectivity index (χ0n) is 26.9. The van der Waals surface area contributed by atoms with Crippen LogP contribution in [0.25, 0.3) is 94.7 Å². The molecule has 5 nitrogen and oxygen atoms in total. The Morgan fingerprint density at radius 3 is 1.64 bits per heavy atom. The van der Waals surface area contributed by atoms with Crippen LogP contribution in [-0.2, 0) is 0 Å². The molecule has 0 N–H and O–H groups in total. The van der Waals surface area contributed by atoms with Gasteiger partial charge in [-0.1, -0.05) is 133 Å². The normalized spacial score (nSPS) is 11.6. The van der Waals surface area contributed by atoms with Crippen LogP contribution < -0.4 is 0 Å². The molecule has 0 aliphatic carbocycles. The van der Waals surface area contributed by atoms with Crippen molar-refractivity contribution in [3.05, 3.63) is 170 Å². The van der Waals surface area contributed by atoms with E-state index in [2.05, 4.69) is 102 Å². The number of nitrogens with zero attached hydrogens (tertiary/aromatic N) is 4. The van der Waals surface area contributed by atoms with Gasteiger partial charge in [0.1, 0.15) is 11.2 Å². The van der Waals surface area contributed by atoms with E-state index in [0.29, 0.717) is 17.5 Å². The maximum Gasteiger partial charge on any atom is 0.164 e. The monoisotopic (exact) mass is 640 g/mol. The molecule has 0 fully saturated rings. The van der Waals surface area contributed by atoms with Crippen LogP contribution in [0.2, 0.25) is 0 Å². The van der Waals surface area contributed by atoms with E-state index in [1.54, 1.807) is 0 Å². The number of para-hydroxylation sites is 2. The maximum absolute atomic E-state index is 6.33. The topological polar surface area (TPSA) is 56.7 Å². The van der Waals surface area contributed by atoms with Crippen LogP contribution in [0.3, 0.4) is 0 Å². The Morgan fingerprint density at radius 1 is 0.380 bits per heavy atom. The Hall–Kier alpha value is -6.85. The van der Waals surface area contributed by atoms with Gasteiger partial charge >= 0.3 is 0 Å². The lowest BCUT2D eigenvalue weighted by Crippen LogP contribution is -2.00. The number of aromatic nitrogens is 4. The predicted octanol–water partition coefficient (Wildman–Crippen LogP) is 11.5. The van der Waals surface area contributed by atoms with Crippen molar-refractivity contribution in [3.63, 3.8) is 0 Å². The molecule has 0 radical (unpaired) electrons. The van der Waals surface area contributed by atoms with Crippen molar-refractivity contribution < 1.29 is 4.42 Å². The van der Waals surface area contributed by atoms with Crippen molar-refractivity contribution in [2.24, 2.45) is 0 Å². The number of rotatable bonds is 5. The molecule has 234 valence electrons. The third-order valence-electron chi connectivity index (χ3n) is 9.45. The molecule has 10 rings (SSSR count). The molecular formula is C45H28N4O. The summed E-state index contributed by atoms with van der Waals surface area (Å²) in [6, 6.07) is 58.6. The molecule has 3 aromatic heterocycles. The van der Waals surface area contributed by atoms with Crippen molar-refractivity contribution in [1.29, 1.82) is 0 Å². The highest BCUT2D eigenvalue weighted by molar-refractivity contribution is 6.24. The molecule has 50 heavy (non-hydrogen) atoms. The molecule has 0 saturated carbocycles. The van der Waals surface area contributed by atoms with E-state index in [1.807, 2.05) is 72.8 Å². The minimum Gasteiger partial charge on any atom is -0.456 e.